The fraction of sp³-hybridized carbons (Fsp3) is 0.263. The smallest absolute Gasteiger partial charge is 0.251 e. The summed E-state index contributed by atoms with van der Waals surface area (Å²) in [5.74, 6) is -0.271. The summed E-state index contributed by atoms with van der Waals surface area (Å²) in [7, 11) is 0. The topological polar surface area (TPSA) is 58.2 Å². The van der Waals surface area contributed by atoms with Crippen molar-refractivity contribution in [2.24, 2.45) is 0 Å². The van der Waals surface area contributed by atoms with E-state index in [1.807, 2.05) is 51.1 Å². The maximum absolute atomic E-state index is 12.0. The van der Waals surface area contributed by atoms with Crippen LogP contribution in [0.2, 0.25) is 0 Å². The fourth-order valence-electron chi connectivity index (χ4n) is 2.45. The van der Waals surface area contributed by atoms with Gasteiger partial charge in [-0.3, -0.25) is 9.59 Å². The van der Waals surface area contributed by atoms with Crippen molar-refractivity contribution >= 4 is 17.5 Å². The highest BCUT2D eigenvalue weighted by Gasteiger charge is 2.07. The molecule has 0 saturated heterocycles. The lowest BCUT2D eigenvalue weighted by molar-refractivity contribution is -0.116. The Labute approximate surface area is 136 Å². The second-order valence-electron chi connectivity index (χ2n) is 5.80. The summed E-state index contributed by atoms with van der Waals surface area (Å²) in [6.07, 6.45) is 0.241. The maximum atomic E-state index is 12.0. The van der Waals surface area contributed by atoms with E-state index in [0.717, 1.165) is 22.4 Å². The molecule has 2 amide bonds. The zero-order chi connectivity index (χ0) is 16.8. The first-order valence-electron chi connectivity index (χ1n) is 7.67. The summed E-state index contributed by atoms with van der Waals surface area (Å²) in [6, 6.07) is 13.3. The summed E-state index contributed by atoms with van der Waals surface area (Å²) in [5.41, 5.74) is 4.64. The average molecular weight is 310 g/mol. The van der Waals surface area contributed by atoms with E-state index in [9.17, 15) is 9.59 Å². The first kappa shape index (κ1) is 16.7. The van der Waals surface area contributed by atoms with Crippen LogP contribution in [0.1, 0.15) is 33.5 Å². The first-order valence-corrected chi connectivity index (χ1v) is 7.67. The van der Waals surface area contributed by atoms with Gasteiger partial charge >= 0.3 is 0 Å². The molecule has 0 aliphatic heterocycles. The van der Waals surface area contributed by atoms with Crippen molar-refractivity contribution in [1.82, 2.24) is 5.32 Å². The predicted molar refractivity (Wildman–Crippen MR) is 92.7 cm³/mol. The molecule has 0 unspecified atom stereocenters. The molecule has 0 aliphatic rings. The van der Waals surface area contributed by atoms with Gasteiger partial charge in [-0.2, -0.15) is 0 Å². The number of rotatable bonds is 5. The second-order valence-corrected chi connectivity index (χ2v) is 5.80. The van der Waals surface area contributed by atoms with Crippen LogP contribution < -0.4 is 10.6 Å². The molecule has 2 aromatic carbocycles. The van der Waals surface area contributed by atoms with Crippen LogP contribution in [-0.2, 0) is 4.79 Å². The number of hydrogen-bond donors (Lipinski definition) is 2. The Morgan fingerprint density at radius 2 is 1.61 bits per heavy atom. The largest absolute Gasteiger partial charge is 0.352 e. The molecule has 0 bridgehead atoms. The maximum Gasteiger partial charge on any atom is 0.251 e. The molecule has 2 aromatic rings. The third-order valence-electron chi connectivity index (χ3n) is 3.42. The number of carbonyl (C=O) groups is 2. The minimum Gasteiger partial charge on any atom is -0.352 e. The van der Waals surface area contributed by atoms with Crippen LogP contribution in [0.15, 0.2) is 42.5 Å². The van der Waals surface area contributed by atoms with Gasteiger partial charge in [0, 0.05) is 24.2 Å². The summed E-state index contributed by atoms with van der Waals surface area (Å²) < 4.78 is 0. The van der Waals surface area contributed by atoms with Crippen LogP contribution in [0.25, 0.3) is 0 Å². The van der Waals surface area contributed by atoms with Crippen molar-refractivity contribution in [2.45, 2.75) is 27.2 Å². The van der Waals surface area contributed by atoms with E-state index >= 15 is 0 Å². The van der Waals surface area contributed by atoms with Gasteiger partial charge in [-0.05, 0) is 56.2 Å². The standard InChI is InChI=1S/C19H22N2O2/c1-13-5-4-6-16(10-13)19(23)20-8-7-18(22)21-17-11-14(2)9-15(3)12-17/h4-6,9-12H,7-8H2,1-3H3,(H,20,23)(H,21,22). The zero-order valence-corrected chi connectivity index (χ0v) is 13.8. The monoisotopic (exact) mass is 310 g/mol. The molecule has 0 heterocycles. The summed E-state index contributed by atoms with van der Waals surface area (Å²) in [5, 5.41) is 5.62. The normalized spacial score (nSPS) is 10.2. The number of benzene rings is 2. The van der Waals surface area contributed by atoms with E-state index in [2.05, 4.69) is 16.7 Å². The number of amides is 2. The van der Waals surface area contributed by atoms with Gasteiger partial charge in [-0.25, -0.2) is 0 Å². The molecule has 0 spiro atoms. The molecular formula is C19H22N2O2. The predicted octanol–water partition coefficient (Wildman–Crippen LogP) is 3.37. The Hall–Kier alpha value is -2.62. The van der Waals surface area contributed by atoms with Gasteiger partial charge < -0.3 is 10.6 Å². The van der Waals surface area contributed by atoms with Gasteiger partial charge in [-0.15, -0.1) is 0 Å². The van der Waals surface area contributed by atoms with Gasteiger partial charge in [0.25, 0.3) is 5.91 Å². The molecule has 4 nitrogen and oxygen atoms in total. The van der Waals surface area contributed by atoms with Gasteiger partial charge in [0.2, 0.25) is 5.91 Å². The molecule has 0 aliphatic carbocycles. The second kappa shape index (κ2) is 7.58. The molecule has 0 fully saturated rings. The molecular weight excluding hydrogens is 288 g/mol. The Morgan fingerprint density at radius 3 is 2.26 bits per heavy atom. The molecule has 0 aromatic heterocycles. The summed E-state index contributed by atoms with van der Waals surface area (Å²) >= 11 is 0. The summed E-state index contributed by atoms with van der Waals surface area (Å²) in [4.78, 5) is 23.9. The van der Waals surface area contributed by atoms with Crippen LogP contribution in [0, 0.1) is 20.8 Å². The van der Waals surface area contributed by atoms with Crippen molar-refractivity contribution in [3.05, 3.63) is 64.7 Å². The molecule has 0 atom stereocenters. The molecule has 2 N–H and O–H groups in total. The molecule has 2 rings (SSSR count). The van der Waals surface area contributed by atoms with Crippen LogP contribution in [0.5, 0.6) is 0 Å². The fourth-order valence-corrected chi connectivity index (χ4v) is 2.45. The number of anilines is 1. The van der Waals surface area contributed by atoms with E-state index < -0.39 is 0 Å². The van der Waals surface area contributed by atoms with E-state index in [1.54, 1.807) is 6.07 Å². The van der Waals surface area contributed by atoms with Crippen molar-refractivity contribution in [3.8, 4) is 0 Å². The van der Waals surface area contributed by atoms with Crippen LogP contribution in [0.4, 0.5) is 5.69 Å². The Bertz CT molecular complexity index is 703. The molecule has 120 valence electrons. The SMILES string of the molecule is Cc1cc(C)cc(NC(=O)CCNC(=O)c2cccc(C)c2)c1. The minimum absolute atomic E-state index is 0.112. The van der Waals surface area contributed by atoms with Crippen molar-refractivity contribution in [1.29, 1.82) is 0 Å². The third-order valence-corrected chi connectivity index (χ3v) is 3.42. The highest BCUT2D eigenvalue weighted by Crippen LogP contribution is 2.13. The van der Waals surface area contributed by atoms with Gasteiger partial charge in [-0.1, -0.05) is 23.8 Å². The van der Waals surface area contributed by atoms with E-state index in [1.165, 1.54) is 0 Å². The van der Waals surface area contributed by atoms with Gasteiger partial charge in [0.05, 0.1) is 0 Å². The molecule has 0 saturated carbocycles. The third kappa shape index (κ3) is 5.25. The van der Waals surface area contributed by atoms with Crippen LogP contribution >= 0.6 is 0 Å². The van der Waals surface area contributed by atoms with Crippen molar-refractivity contribution in [3.63, 3.8) is 0 Å². The molecule has 4 heteroatoms. The Balaban J connectivity index is 1.81. The lowest BCUT2D eigenvalue weighted by atomic mass is 10.1. The average Bonchev–Trinajstić information content (AvgIpc) is 2.45. The highest BCUT2D eigenvalue weighted by molar-refractivity contribution is 5.95. The van der Waals surface area contributed by atoms with E-state index in [4.69, 9.17) is 0 Å². The highest BCUT2D eigenvalue weighted by atomic mass is 16.2. The van der Waals surface area contributed by atoms with E-state index in [-0.39, 0.29) is 18.2 Å². The minimum atomic E-state index is -0.159. The number of carbonyl (C=O) groups excluding carboxylic acids is 2. The zero-order valence-electron chi connectivity index (χ0n) is 13.8. The summed E-state index contributed by atoms with van der Waals surface area (Å²) in [6.45, 7) is 6.23. The van der Waals surface area contributed by atoms with Crippen LogP contribution in [0.3, 0.4) is 0 Å². The Kier molecular flexibility index (Phi) is 5.52. The number of aryl methyl sites for hydroxylation is 3. The number of nitrogens with one attached hydrogen (secondary N) is 2. The molecule has 23 heavy (non-hydrogen) atoms. The van der Waals surface area contributed by atoms with E-state index in [0.29, 0.717) is 12.1 Å². The lowest BCUT2D eigenvalue weighted by Crippen LogP contribution is -2.27. The van der Waals surface area contributed by atoms with Crippen molar-refractivity contribution in [2.75, 3.05) is 11.9 Å². The quantitative estimate of drug-likeness (QED) is 0.889. The lowest BCUT2D eigenvalue weighted by Gasteiger charge is -2.09. The van der Waals surface area contributed by atoms with Crippen molar-refractivity contribution < 1.29 is 9.59 Å². The Morgan fingerprint density at radius 1 is 0.913 bits per heavy atom. The first-order chi connectivity index (χ1) is 10.9. The van der Waals surface area contributed by atoms with Gasteiger partial charge in [0.15, 0.2) is 0 Å². The van der Waals surface area contributed by atoms with Gasteiger partial charge in [0.1, 0.15) is 0 Å². The number of hydrogen-bond acceptors (Lipinski definition) is 2. The van der Waals surface area contributed by atoms with Crippen LogP contribution in [-0.4, -0.2) is 18.4 Å². The molecule has 0 radical (unpaired) electrons.